The van der Waals surface area contributed by atoms with Crippen LogP contribution in [-0.2, 0) is 4.79 Å². The standard InChI is InChI=1S/C15H24O/c1-14(2)8-10-11-9-15(3,6-4-12(10)14)7-5-13(11)16/h10-12H,4-9H2,1-3H3/t10-,11-,12-,15-/m1/s1. The Hall–Kier alpha value is -0.330. The molecule has 0 aromatic carbocycles. The first-order valence-corrected chi connectivity index (χ1v) is 6.94. The predicted octanol–water partition coefficient (Wildman–Crippen LogP) is 3.82. The van der Waals surface area contributed by atoms with Gasteiger partial charge in [0.25, 0.3) is 0 Å². The Labute approximate surface area is 99.0 Å². The molecule has 0 heterocycles. The summed E-state index contributed by atoms with van der Waals surface area (Å²) in [5.74, 6) is 2.59. The number of hydrogen-bond donors (Lipinski definition) is 0. The van der Waals surface area contributed by atoms with Crippen LogP contribution in [0.25, 0.3) is 0 Å². The molecule has 4 atom stereocenters. The highest BCUT2D eigenvalue weighted by Crippen LogP contribution is 2.62. The molecule has 0 spiro atoms. The highest BCUT2D eigenvalue weighted by molar-refractivity contribution is 5.82. The number of fused-ring (bicyclic) bond motifs is 4. The molecule has 3 saturated carbocycles. The fourth-order valence-corrected chi connectivity index (χ4v) is 4.83. The lowest BCUT2D eigenvalue weighted by atomic mass is 9.50. The Bertz CT molecular complexity index is 330. The van der Waals surface area contributed by atoms with Gasteiger partial charge in [-0.2, -0.15) is 0 Å². The van der Waals surface area contributed by atoms with E-state index in [2.05, 4.69) is 20.8 Å². The van der Waals surface area contributed by atoms with Gasteiger partial charge in [0.1, 0.15) is 5.78 Å². The predicted molar refractivity (Wildman–Crippen MR) is 65.1 cm³/mol. The van der Waals surface area contributed by atoms with Gasteiger partial charge in [0.15, 0.2) is 0 Å². The van der Waals surface area contributed by atoms with Gasteiger partial charge in [-0.15, -0.1) is 0 Å². The summed E-state index contributed by atoms with van der Waals surface area (Å²) in [6.45, 7) is 7.22. The summed E-state index contributed by atoms with van der Waals surface area (Å²) in [4.78, 5) is 12.1. The van der Waals surface area contributed by atoms with E-state index in [1.807, 2.05) is 0 Å². The van der Waals surface area contributed by atoms with Gasteiger partial charge in [0, 0.05) is 12.3 Å². The van der Waals surface area contributed by atoms with Gasteiger partial charge in [-0.05, 0) is 54.8 Å². The molecule has 0 aliphatic heterocycles. The van der Waals surface area contributed by atoms with Crippen LogP contribution < -0.4 is 0 Å². The lowest BCUT2D eigenvalue weighted by molar-refractivity contribution is -0.135. The van der Waals surface area contributed by atoms with Crippen LogP contribution >= 0.6 is 0 Å². The Kier molecular flexibility index (Phi) is 2.10. The zero-order chi connectivity index (χ0) is 11.6. The molecule has 3 aliphatic carbocycles. The summed E-state index contributed by atoms with van der Waals surface area (Å²) in [6, 6.07) is 0. The minimum atomic E-state index is 0.430. The smallest absolute Gasteiger partial charge is 0.136 e. The molecule has 0 radical (unpaired) electrons. The molecule has 90 valence electrons. The molecule has 0 amide bonds. The maximum absolute atomic E-state index is 12.1. The summed E-state index contributed by atoms with van der Waals surface area (Å²) in [7, 11) is 0. The first-order valence-electron chi connectivity index (χ1n) is 6.94. The number of carbonyl (C=O) groups is 1. The summed E-state index contributed by atoms with van der Waals surface area (Å²) < 4.78 is 0. The molecular formula is C15H24O. The molecule has 3 fully saturated rings. The molecule has 1 nitrogen and oxygen atoms in total. The number of carbonyl (C=O) groups excluding carboxylic acids is 1. The Balaban J connectivity index is 1.90. The van der Waals surface area contributed by atoms with Crippen molar-refractivity contribution in [3.8, 4) is 0 Å². The van der Waals surface area contributed by atoms with E-state index in [4.69, 9.17) is 0 Å². The molecule has 16 heavy (non-hydrogen) atoms. The van der Waals surface area contributed by atoms with Crippen LogP contribution in [0.5, 0.6) is 0 Å². The molecule has 0 saturated heterocycles. The average molecular weight is 220 g/mol. The quantitative estimate of drug-likeness (QED) is 0.606. The average Bonchev–Trinajstić information content (AvgIpc) is 2.28. The number of ketones is 1. The van der Waals surface area contributed by atoms with Gasteiger partial charge in [0.2, 0.25) is 0 Å². The second-order valence-corrected chi connectivity index (χ2v) is 7.59. The largest absolute Gasteiger partial charge is 0.299 e. The van der Waals surface area contributed by atoms with Crippen molar-refractivity contribution in [3.05, 3.63) is 0 Å². The molecule has 0 N–H and O–H groups in total. The molecule has 0 aromatic heterocycles. The molecule has 3 rings (SSSR count). The molecule has 2 bridgehead atoms. The normalized spacial score (nSPS) is 50.2. The second kappa shape index (κ2) is 3.11. The first kappa shape index (κ1) is 10.8. The Morgan fingerprint density at radius 3 is 2.56 bits per heavy atom. The van der Waals surface area contributed by atoms with Crippen molar-refractivity contribution >= 4 is 5.78 Å². The summed E-state index contributed by atoms with van der Waals surface area (Å²) in [5.41, 5.74) is 1.00. The molecule has 3 aliphatic rings. The van der Waals surface area contributed by atoms with E-state index in [0.717, 1.165) is 24.7 Å². The molecular weight excluding hydrogens is 196 g/mol. The number of rotatable bonds is 0. The van der Waals surface area contributed by atoms with Crippen LogP contribution in [0.2, 0.25) is 0 Å². The van der Waals surface area contributed by atoms with Gasteiger partial charge in [0.05, 0.1) is 0 Å². The zero-order valence-corrected chi connectivity index (χ0v) is 10.9. The van der Waals surface area contributed by atoms with E-state index in [9.17, 15) is 4.79 Å². The highest BCUT2D eigenvalue weighted by Gasteiger charge is 2.56. The third-order valence-corrected chi connectivity index (χ3v) is 5.96. The van der Waals surface area contributed by atoms with Gasteiger partial charge in [-0.25, -0.2) is 0 Å². The van der Waals surface area contributed by atoms with Crippen LogP contribution in [0, 0.1) is 28.6 Å². The molecule has 0 unspecified atom stereocenters. The third-order valence-electron chi connectivity index (χ3n) is 5.96. The van der Waals surface area contributed by atoms with Crippen LogP contribution in [-0.4, -0.2) is 5.78 Å². The lowest BCUT2D eigenvalue weighted by Crippen LogP contribution is -2.48. The fourth-order valence-electron chi connectivity index (χ4n) is 4.83. The maximum atomic E-state index is 12.1. The van der Waals surface area contributed by atoms with Gasteiger partial charge in [-0.1, -0.05) is 20.8 Å². The van der Waals surface area contributed by atoms with Gasteiger partial charge < -0.3 is 0 Å². The topological polar surface area (TPSA) is 17.1 Å². The van der Waals surface area contributed by atoms with E-state index < -0.39 is 0 Å². The fraction of sp³-hybridized carbons (Fsp3) is 0.933. The minimum Gasteiger partial charge on any atom is -0.299 e. The van der Waals surface area contributed by atoms with E-state index in [0.29, 0.717) is 22.5 Å². The second-order valence-electron chi connectivity index (χ2n) is 7.59. The van der Waals surface area contributed by atoms with Crippen LogP contribution in [0.3, 0.4) is 0 Å². The van der Waals surface area contributed by atoms with Crippen LogP contribution in [0.1, 0.15) is 59.3 Å². The van der Waals surface area contributed by atoms with Crippen molar-refractivity contribution in [1.29, 1.82) is 0 Å². The van der Waals surface area contributed by atoms with E-state index in [-0.39, 0.29) is 0 Å². The Morgan fingerprint density at radius 2 is 1.88 bits per heavy atom. The SMILES string of the molecule is CC1(C)C[C@H]2[C@H]1CC[C@]1(C)CCC(=O)[C@@H]2C1. The Morgan fingerprint density at radius 1 is 1.12 bits per heavy atom. The summed E-state index contributed by atoms with van der Waals surface area (Å²) in [5, 5.41) is 0. The summed E-state index contributed by atoms with van der Waals surface area (Å²) >= 11 is 0. The van der Waals surface area contributed by atoms with Crippen LogP contribution in [0.15, 0.2) is 0 Å². The first-order chi connectivity index (χ1) is 7.41. The van der Waals surface area contributed by atoms with Crippen molar-refractivity contribution in [2.45, 2.75) is 59.3 Å². The van der Waals surface area contributed by atoms with Crippen LogP contribution in [0.4, 0.5) is 0 Å². The van der Waals surface area contributed by atoms with Gasteiger partial charge in [-0.3, -0.25) is 4.79 Å². The van der Waals surface area contributed by atoms with E-state index >= 15 is 0 Å². The molecule has 1 heteroatoms. The molecule has 0 aromatic rings. The van der Waals surface area contributed by atoms with Crippen molar-refractivity contribution in [2.75, 3.05) is 0 Å². The monoisotopic (exact) mass is 220 g/mol. The van der Waals surface area contributed by atoms with E-state index in [1.54, 1.807) is 0 Å². The zero-order valence-electron chi connectivity index (χ0n) is 10.9. The van der Waals surface area contributed by atoms with Crippen molar-refractivity contribution in [2.24, 2.45) is 28.6 Å². The lowest BCUT2D eigenvalue weighted by Gasteiger charge is -2.54. The third kappa shape index (κ3) is 1.39. The maximum Gasteiger partial charge on any atom is 0.136 e. The van der Waals surface area contributed by atoms with Crippen molar-refractivity contribution in [3.63, 3.8) is 0 Å². The minimum absolute atomic E-state index is 0.430. The van der Waals surface area contributed by atoms with Crippen molar-refractivity contribution in [1.82, 2.24) is 0 Å². The summed E-state index contributed by atoms with van der Waals surface area (Å²) in [6.07, 6.45) is 7.25. The van der Waals surface area contributed by atoms with Gasteiger partial charge >= 0.3 is 0 Å². The highest BCUT2D eigenvalue weighted by atomic mass is 16.1. The number of Topliss-reactive ketones (excluding diaryl/α,β-unsaturated/α-hetero) is 1. The van der Waals surface area contributed by atoms with Crippen molar-refractivity contribution < 1.29 is 4.79 Å². The number of hydrogen-bond acceptors (Lipinski definition) is 1. The van der Waals surface area contributed by atoms with E-state index in [1.165, 1.54) is 25.7 Å².